The molecular formula is C15H24N2O3. The molecule has 1 fully saturated rings. The smallest absolute Gasteiger partial charge is 0.168 e. The van der Waals surface area contributed by atoms with Gasteiger partial charge < -0.3 is 18.8 Å². The van der Waals surface area contributed by atoms with Crippen LogP contribution in [0, 0.1) is 0 Å². The minimum Gasteiger partial charge on any atom is -0.361 e. The molecule has 1 aliphatic rings. The zero-order valence-electron chi connectivity index (χ0n) is 12.5. The highest BCUT2D eigenvalue weighted by molar-refractivity contribution is 5.43. The Balaban J connectivity index is 1.89. The summed E-state index contributed by atoms with van der Waals surface area (Å²) in [4.78, 5) is 4.31. The molecule has 112 valence electrons. The van der Waals surface area contributed by atoms with Crippen LogP contribution in [0.25, 0.3) is 6.08 Å². The minimum atomic E-state index is -0.399. The van der Waals surface area contributed by atoms with E-state index in [4.69, 9.17) is 14.2 Å². The largest absolute Gasteiger partial charge is 0.361 e. The number of hydrogen-bond acceptors (Lipinski definition) is 4. The van der Waals surface area contributed by atoms with Gasteiger partial charge in [-0.15, -0.1) is 0 Å². The van der Waals surface area contributed by atoms with E-state index >= 15 is 0 Å². The van der Waals surface area contributed by atoms with Crippen LogP contribution in [-0.4, -0.2) is 34.7 Å². The summed E-state index contributed by atoms with van der Waals surface area (Å²) in [5.41, 5.74) is 0.902. The van der Waals surface area contributed by atoms with Gasteiger partial charge in [0.1, 0.15) is 12.8 Å². The van der Waals surface area contributed by atoms with Crippen molar-refractivity contribution in [2.45, 2.75) is 52.2 Å². The second-order valence-corrected chi connectivity index (χ2v) is 4.88. The summed E-state index contributed by atoms with van der Waals surface area (Å²) >= 11 is 0. The van der Waals surface area contributed by atoms with Crippen LogP contribution in [0.1, 0.15) is 39.3 Å². The Bertz CT molecular complexity index is 438. The minimum absolute atomic E-state index is 0.00643. The van der Waals surface area contributed by atoms with Gasteiger partial charge in [0.25, 0.3) is 0 Å². The molecule has 0 unspecified atom stereocenters. The van der Waals surface area contributed by atoms with Crippen molar-refractivity contribution in [2.24, 2.45) is 0 Å². The molecule has 0 aliphatic carbocycles. The van der Waals surface area contributed by atoms with Crippen molar-refractivity contribution >= 4 is 6.08 Å². The van der Waals surface area contributed by atoms with Gasteiger partial charge >= 0.3 is 0 Å². The molecule has 2 rings (SSSR count). The molecule has 0 amide bonds. The maximum Gasteiger partial charge on any atom is 0.168 e. The molecule has 5 nitrogen and oxygen atoms in total. The number of imidazole rings is 1. The number of ether oxygens (including phenoxy) is 3. The highest BCUT2D eigenvalue weighted by atomic mass is 16.7. The van der Waals surface area contributed by atoms with E-state index in [1.807, 2.05) is 29.8 Å². The number of rotatable bonds is 7. The third-order valence-electron chi connectivity index (χ3n) is 3.53. The molecule has 0 radical (unpaired) electrons. The van der Waals surface area contributed by atoms with E-state index in [1.54, 1.807) is 6.33 Å². The Kier molecular flexibility index (Phi) is 5.34. The molecule has 1 saturated heterocycles. The van der Waals surface area contributed by atoms with Crippen LogP contribution in [0.2, 0.25) is 0 Å². The second kappa shape index (κ2) is 7.02. The lowest BCUT2D eigenvalue weighted by Crippen LogP contribution is -2.28. The fourth-order valence-corrected chi connectivity index (χ4v) is 2.23. The van der Waals surface area contributed by atoms with Gasteiger partial charge in [0, 0.05) is 12.8 Å². The maximum absolute atomic E-state index is 5.97. The van der Waals surface area contributed by atoms with E-state index in [2.05, 4.69) is 18.8 Å². The second-order valence-electron chi connectivity index (χ2n) is 4.88. The summed E-state index contributed by atoms with van der Waals surface area (Å²) in [7, 11) is 0. The van der Waals surface area contributed by atoms with Gasteiger partial charge in [-0.1, -0.05) is 19.9 Å². The van der Waals surface area contributed by atoms with Crippen molar-refractivity contribution in [3.8, 4) is 0 Å². The molecular weight excluding hydrogens is 256 g/mol. The van der Waals surface area contributed by atoms with Crippen LogP contribution in [0.4, 0.5) is 0 Å². The third kappa shape index (κ3) is 3.69. The monoisotopic (exact) mass is 280 g/mol. The van der Waals surface area contributed by atoms with Crippen molar-refractivity contribution in [3.63, 3.8) is 0 Å². The number of aromatic nitrogens is 2. The van der Waals surface area contributed by atoms with Gasteiger partial charge in [-0.05, 0) is 25.8 Å². The summed E-state index contributed by atoms with van der Waals surface area (Å²) in [5.74, 6) is -0.399. The summed E-state index contributed by atoms with van der Waals surface area (Å²) in [6.07, 6.45) is 9.46. The first kappa shape index (κ1) is 15.2. The Labute approximate surface area is 120 Å². The van der Waals surface area contributed by atoms with Crippen molar-refractivity contribution in [2.75, 3.05) is 13.2 Å². The first-order valence-corrected chi connectivity index (χ1v) is 7.31. The fraction of sp³-hybridized carbons (Fsp3) is 0.667. The van der Waals surface area contributed by atoms with Crippen molar-refractivity contribution < 1.29 is 14.2 Å². The van der Waals surface area contributed by atoms with Crippen molar-refractivity contribution in [1.29, 1.82) is 0 Å². The summed E-state index contributed by atoms with van der Waals surface area (Å²) < 4.78 is 19.0. The first-order chi connectivity index (χ1) is 9.71. The van der Waals surface area contributed by atoms with Gasteiger partial charge in [0.05, 0.1) is 18.6 Å². The average molecular weight is 280 g/mol. The van der Waals surface area contributed by atoms with Crippen LogP contribution >= 0.6 is 0 Å². The highest BCUT2D eigenvalue weighted by Gasteiger charge is 2.37. The van der Waals surface area contributed by atoms with Gasteiger partial charge in [-0.2, -0.15) is 0 Å². The van der Waals surface area contributed by atoms with Gasteiger partial charge in [-0.25, -0.2) is 4.98 Å². The molecule has 0 aromatic carbocycles. The van der Waals surface area contributed by atoms with E-state index in [9.17, 15) is 0 Å². The molecule has 1 atom stereocenters. The molecule has 0 bridgehead atoms. The molecule has 1 aliphatic heterocycles. The lowest BCUT2D eigenvalue weighted by molar-refractivity contribution is -0.167. The van der Waals surface area contributed by atoms with Gasteiger partial charge in [-0.3, -0.25) is 0 Å². The molecule has 0 N–H and O–H groups in total. The average Bonchev–Trinajstić information content (AvgIpc) is 3.10. The maximum atomic E-state index is 5.97. The van der Waals surface area contributed by atoms with Crippen LogP contribution < -0.4 is 0 Å². The van der Waals surface area contributed by atoms with E-state index in [0.29, 0.717) is 19.9 Å². The Hall–Kier alpha value is -1.17. The lowest BCUT2D eigenvalue weighted by Gasteiger charge is -2.24. The van der Waals surface area contributed by atoms with Gasteiger partial charge in [0.15, 0.2) is 5.79 Å². The van der Waals surface area contributed by atoms with E-state index in [-0.39, 0.29) is 6.10 Å². The number of hydrogen-bond donors (Lipinski definition) is 0. The third-order valence-corrected chi connectivity index (χ3v) is 3.53. The standard InChI is InChI=1S/C15H24N2O3/c1-4-15(5-2)19-10-14(20-15)8-7-13-9-17(11-16-13)12-18-6-3/h7-9,11,14H,4-6,10,12H2,1-3H3/b8-7-/t14-/m0/s1. The molecule has 5 heteroatoms. The van der Waals surface area contributed by atoms with Crippen LogP contribution in [-0.2, 0) is 20.9 Å². The molecule has 2 heterocycles. The van der Waals surface area contributed by atoms with Crippen molar-refractivity contribution in [3.05, 3.63) is 24.3 Å². The topological polar surface area (TPSA) is 45.5 Å². The molecule has 0 saturated carbocycles. The summed E-state index contributed by atoms with van der Waals surface area (Å²) in [5, 5.41) is 0. The van der Waals surface area contributed by atoms with E-state index < -0.39 is 5.79 Å². The Morgan fingerprint density at radius 2 is 2.25 bits per heavy atom. The van der Waals surface area contributed by atoms with E-state index in [0.717, 1.165) is 18.5 Å². The fourth-order valence-electron chi connectivity index (χ4n) is 2.23. The normalized spacial score (nSPS) is 21.9. The molecule has 1 aromatic heterocycles. The first-order valence-electron chi connectivity index (χ1n) is 7.31. The lowest BCUT2D eigenvalue weighted by atomic mass is 10.1. The predicted molar refractivity (Wildman–Crippen MR) is 77.0 cm³/mol. The van der Waals surface area contributed by atoms with Gasteiger partial charge in [0.2, 0.25) is 0 Å². The Morgan fingerprint density at radius 3 is 2.90 bits per heavy atom. The zero-order chi connectivity index (χ0) is 14.4. The summed E-state index contributed by atoms with van der Waals surface area (Å²) in [6.45, 7) is 8.00. The van der Waals surface area contributed by atoms with Crippen LogP contribution in [0.15, 0.2) is 18.6 Å². The highest BCUT2D eigenvalue weighted by Crippen LogP contribution is 2.30. The zero-order valence-corrected chi connectivity index (χ0v) is 12.5. The summed E-state index contributed by atoms with van der Waals surface area (Å²) in [6, 6.07) is 0. The molecule has 0 spiro atoms. The van der Waals surface area contributed by atoms with Crippen LogP contribution in [0.5, 0.6) is 0 Å². The van der Waals surface area contributed by atoms with Crippen LogP contribution in [0.3, 0.4) is 0 Å². The predicted octanol–water partition coefficient (Wildman–Crippen LogP) is 2.82. The van der Waals surface area contributed by atoms with Crippen molar-refractivity contribution in [1.82, 2.24) is 9.55 Å². The number of nitrogens with zero attached hydrogens (tertiary/aromatic N) is 2. The quantitative estimate of drug-likeness (QED) is 0.770. The molecule has 1 aromatic rings. The Morgan fingerprint density at radius 1 is 1.45 bits per heavy atom. The van der Waals surface area contributed by atoms with E-state index in [1.165, 1.54) is 0 Å². The molecule has 20 heavy (non-hydrogen) atoms. The SMILES string of the molecule is CCOCn1cnc(/C=C\[C@H]2COC(CC)(CC)O2)c1.